The third-order valence-corrected chi connectivity index (χ3v) is 5.50. The molecule has 1 aromatic heterocycles. The molecule has 0 spiro atoms. The topological polar surface area (TPSA) is 93.7 Å². The number of nitrogens with zero attached hydrogens (tertiary/aromatic N) is 4. The number of piperazine rings is 1. The summed E-state index contributed by atoms with van der Waals surface area (Å²) in [5, 5.41) is 4.44. The van der Waals surface area contributed by atoms with Crippen LogP contribution in [0.5, 0.6) is 5.88 Å². The summed E-state index contributed by atoms with van der Waals surface area (Å²) in [6, 6.07) is 10.6. The Bertz CT molecular complexity index is 880. The smallest absolute Gasteiger partial charge is 0.391 e. The van der Waals surface area contributed by atoms with Crippen LogP contribution >= 0.6 is 0 Å². The average molecular weight is 414 g/mol. The minimum atomic E-state index is -0.524. The summed E-state index contributed by atoms with van der Waals surface area (Å²) in [4.78, 5) is 29.1. The number of carbonyl (C=O) groups excluding carboxylic acids is 2. The summed E-state index contributed by atoms with van der Waals surface area (Å²) < 4.78 is 7.35. The van der Waals surface area contributed by atoms with Crippen molar-refractivity contribution in [2.24, 2.45) is 11.7 Å². The Morgan fingerprint density at radius 1 is 1.23 bits per heavy atom. The van der Waals surface area contributed by atoms with E-state index < -0.39 is 12.1 Å². The number of benzene rings is 1. The highest BCUT2D eigenvalue weighted by molar-refractivity contribution is 5.82. The summed E-state index contributed by atoms with van der Waals surface area (Å²) in [7, 11) is 0. The van der Waals surface area contributed by atoms with Crippen LogP contribution in [-0.2, 0) is 4.79 Å². The molecular weight excluding hydrogens is 382 g/mol. The SMILES string of the molecule is CCC1CN(C(=O)[C@@H](N)C(C)C)CCN1C(=O)Oc1cc(C)nn1-c1ccccc1. The first-order chi connectivity index (χ1) is 14.3. The van der Waals surface area contributed by atoms with E-state index in [1.54, 1.807) is 20.5 Å². The number of hydrogen-bond acceptors (Lipinski definition) is 5. The lowest BCUT2D eigenvalue weighted by molar-refractivity contribution is -0.136. The lowest BCUT2D eigenvalue weighted by Gasteiger charge is -2.41. The zero-order chi connectivity index (χ0) is 21.8. The summed E-state index contributed by atoms with van der Waals surface area (Å²) >= 11 is 0. The van der Waals surface area contributed by atoms with Crippen molar-refractivity contribution in [3.05, 3.63) is 42.1 Å². The van der Waals surface area contributed by atoms with Gasteiger partial charge < -0.3 is 20.3 Å². The van der Waals surface area contributed by atoms with Gasteiger partial charge in [-0.2, -0.15) is 5.10 Å². The van der Waals surface area contributed by atoms with Crippen LogP contribution in [0.15, 0.2) is 36.4 Å². The molecule has 0 radical (unpaired) electrons. The normalized spacial score (nSPS) is 17.9. The Morgan fingerprint density at radius 2 is 1.93 bits per heavy atom. The number of aryl methyl sites for hydroxylation is 1. The molecule has 30 heavy (non-hydrogen) atoms. The lowest BCUT2D eigenvalue weighted by Crippen LogP contribution is -2.59. The third-order valence-electron chi connectivity index (χ3n) is 5.50. The maximum absolute atomic E-state index is 13.0. The molecule has 0 aliphatic carbocycles. The zero-order valence-electron chi connectivity index (χ0n) is 18.1. The molecule has 2 heterocycles. The molecule has 2 N–H and O–H groups in total. The number of amides is 2. The van der Waals surface area contributed by atoms with Gasteiger partial charge in [-0.05, 0) is 31.4 Å². The van der Waals surface area contributed by atoms with E-state index in [0.717, 1.165) is 11.4 Å². The molecule has 0 bridgehead atoms. The van der Waals surface area contributed by atoms with Gasteiger partial charge in [0.2, 0.25) is 11.8 Å². The van der Waals surface area contributed by atoms with E-state index in [2.05, 4.69) is 5.10 Å². The highest BCUT2D eigenvalue weighted by atomic mass is 16.6. The first kappa shape index (κ1) is 21.8. The Balaban J connectivity index is 1.72. The maximum Gasteiger partial charge on any atom is 0.416 e. The number of para-hydroxylation sites is 1. The molecule has 2 atom stereocenters. The van der Waals surface area contributed by atoms with Crippen LogP contribution in [-0.4, -0.2) is 63.3 Å². The van der Waals surface area contributed by atoms with Gasteiger partial charge in [-0.1, -0.05) is 39.0 Å². The fraction of sp³-hybridized carbons (Fsp3) is 0.500. The summed E-state index contributed by atoms with van der Waals surface area (Å²) in [5.41, 5.74) is 7.62. The number of aromatic nitrogens is 2. The van der Waals surface area contributed by atoms with Crippen molar-refractivity contribution in [1.82, 2.24) is 19.6 Å². The van der Waals surface area contributed by atoms with Gasteiger partial charge >= 0.3 is 6.09 Å². The van der Waals surface area contributed by atoms with Crippen LogP contribution in [0.4, 0.5) is 4.79 Å². The maximum atomic E-state index is 13.0. The lowest BCUT2D eigenvalue weighted by atomic mass is 10.0. The molecule has 8 nitrogen and oxygen atoms in total. The van der Waals surface area contributed by atoms with E-state index in [9.17, 15) is 9.59 Å². The van der Waals surface area contributed by atoms with Crippen molar-refractivity contribution in [2.45, 2.75) is 46.2 Å². The van der Waals surface area contributed by atoms with E-state index in [1.807, 2.05) is 58.0 Å². The predicted molar refractivity (Wildman–Crippen MR) is 115 cm³/mol. The van der Waals surface area contributed by atoms with E-state index in [4.69, 9.17) is 10.5 Å². The molecule has 1 aliphatic heterocycles. The van der Waals surface area contributed by atoms with Crippen LogP contribution in [0.1, 0.15) is 32.9 Å². The Kier molecular flexibility index (Phi) is 6.77. The second-order valence-electron chi connectivity index (χ2n) is 8.05. The van der Waals surface area contributed by atoms with Crippen molar-refractivity contribution >= 4 is 12.0 Å². The molecule has 162 valence electrons. The fourth-order valence-corrected chi connectivity index (χ4v) is 3.59. The molecule has 2 aromatic rings. The molecule has 1 unspecified atom stereocenters. The molecule has 0 saturated carbocycles. The van der Waals surface area contributed by atoms with Gasteiger partial charge in [-0.15, -0.1) is 0 Å². The predicted octanol–water partition coefficient (Wildman–Crippen LogP) is 2.59. The molecule has 1 aromatic carbocycles. The van der Waals surface area contributed by atoms with Gasteiger partial charge in [0.05, 0.1) is 23.5 Å². The van der Waals surface area contributed by atoms with E-state index in [-0.39, 0.29) is 17.9 Å². The van der Waals surface area contributed by atoms with Crippen LogP contribution < -0.4 is 10.5 Å². The van der Waals surface area contributed by atoms with Gasteiger partial charge in [-0.3, -0.25) is 4.79 Å². The summed E-state index contributed by atoms with van der Waals surface area (Å²) in [5.74, 6) is 0.384. The van der Waals surface area contributed by atoms with Crippen LogP contribution in [0.25, 0.3) is 5.69 Å². The third kappa shape index (κ3) is 4.64. The molecule has 1 aliphatic rings. The highest BCUT2D eigenvalue weighted by Crippen LogP contribution is 2.22. The number of rotatable bonds is 5. The number of ether oxygens (including phenoxy) is 1. The Morgan fingerprint density at radius 3 is 2.57 bits per heavy atom. The Labute approximate surface area is 177 Å². The minimum Gasteiger partial charge on any atom is -0.391 e. The van der Waals surface area contributed by atoms with Gasteiger partial charge in [0.25, 0.3) is 0 Å². The van der Waals surface area contributed by atoms with Gasteiger partial charge in [0.15, 0.2) is 0 Å². The average Bonchev–Trinajstić information content (AvgIpc) is 3.12. The number of hydrogen-bond donors (Lipinski definition) is 1. The van der Waals surface area contributed by atoms with Crippen molar-refractivity contribution < 1.29 is 14.3 Å². The van der Waals surface area contributed by atoms with Crippen molar-refractivity contribution in [2.75, 3.05) is 19.6 Å². The molecule has 8 heteroatoms. The highest BCUT2D eigenvalue weighted by Gasteiger charge is 2.35. The largest absolute Gasteiger partial charge is 0.416 e. The quantitative estimate of drug-likeness (QED) is 0.813. The second-order valence-corrected chi connectivity index (χ2v) is 8.05. The van der Waals surface area contributed by atoms with Gasteiger partial charge in [-0.25, -0.2) is 9.48 Å². The minimum absolute atomic E-state index is 0.0609. The molecule has 1 saturated heterocycles. The van der Waals surface area contributed by atoms with Crippen LogP contribution in [0.3, 0.4) is 0 Å². The van der Waals surface area contributed by atoms with Crippen molar-refractivity contribution in [3.63, 3.8) is 0 Å². The zero-order valence-corrected chi connectivity index (χ0v) is 18.1. The molecule has 2 amide bonds. The van der Waals surface area contributed by atoms with Gasteiger partial charge in [0, 0.05) is 25.7 Å². The molecular formula is C22H31N5O3. The second kappa shape index (κ2) is 9.30. The van der Waals surface area contributed by atoms with Crippen molar-refractivity contribution in [3.8, 4) is 11.6 Å². The summed E-state index contributed by atoms with van der Waals surface area (Å²) in [6.07, 6.45) is 0.284. The fourth-order valence-electron chi connectivity index (χ4n) is 3.59. The monoisotopic (exact) mass is 413 g/mol. The standard InChI is InChI=1S/C22H31N5O3/c1-5-17-14-25(21(28)20(23)15(2)3)11-12-26(17)22(29)30-19-13-16(4)24-27(19)18-9-7-6-8-10-18/h6-10,13,15,17,20H,5,11-12,14,23H2,1-4H3/t17?,20-/m0/s1. The van der Waals surface area contributed by atoms with E-state index in [1.165, 1.54) is 0 Å². The van der Waals surface area contributed by atoms with Crippen LogP contribution in [0.2, 0.25) is 0 Å². The Hall–Kier alpha value is -2.87. The van der Waals surface area contributed by atoms with E-state index >= 15 is 0 Å². The van der Waals surface area contributed by atoms with Crippen LogP contribution in [0, 0.1) is 12.8 Å². The van der Waals surface area contributed by atoms with E-state index in [0.29, 0.717) is 31.9 Å². The first-order valence-corrected chi connectivity index (χ1v) is 10.5. The number of nitrogens with two attached hydrogens (primary N) is 1. The van der Waals surface area contributed by atoms with Gasteiger partial charge in [0.1, 0.15) is 0 Å². The molecule has 1 fully saturated rings. The van der Waals surface area contributed by atoms with Crippen molar-refractivity contribution in [1.29, 1.82) is 0 Å². The first-order valence-electron chi connectivity index (χ1n) is 10.5. The number of carbonyl (C=O) groups is 2. The summed E-state index contributed by atoms with van der Waals surface area (Å²) in [6.45, 7) is 9.04. The molecule has 3 rings (SSSR count).